The molecule has 0 amide bonds. The van der Waals surface area contributed by atoms with Crippen molar-refractivity contribution in [2.24, 2.45) is 5.41 Å². The second-order valence-electron chi connectivity index (χ2n) is 8.31. The van der Waals surface area contributed by atoms with Crippen LogP contribution in [-0.2, 0) is 25.8 Å². The molecule has 1 aliphatic carbocycles. The zero-order valence-electron chi connectivity index (χ0n) is 15.6. The molecule has 3 heterocycles. The van der Waals surface area contributed by atoms with E-state index in [2.05, 4.69) is 30.7 Å². The van der Waals surface area contributed by atoms with E-state index in [0.717, 1.165) is 54.1 Å². The zero-order valence-corrected chi connectivity index (χ0v) is 16.4. The minimum absolute atomic E-state index is 0.0682. The average molecular weight is 375 g/mol. The molecule has 1 aromatic carbocycles. The Morgan fingerprint density at radius 1 is 1.15 bits per heavy atom. The molecule has 1 aliphatic heterocycles. The zero-order chi connectivity index (χ0) is 18.6. The van der Waals surface area contributed by atoms with Crippen molar-refractivity contribution in [3.63, 3.8) is 0 Å². The summed E-state index contributed by atoms with van der Waals surface area (Å²) in [6, 6.07) is 5.72. The van der Waals surface area contributed by atoms with Crippen molar-refractivity contribution in [2.75, 3.05) is 0 Å². The molecule has 0 saturated heterocycles. The number of thiazole rings is 1. The van der Waals surface area contributed by atoms with Gasteiger partial charge in [0.2, 0.25) is 0 Å². The summed E-state index contributed by atoms with van der Waals surface area (Å²) < 4.78 is 1.86. The summed E-state index contributed by atoms with van der Waals surface area (Å²) in [5, 5.41) is 1.57. The predicted molar refractivity (Wildman–Crippen MR) is 108 cm³/mol. The second-order valence-corrected chi connectivity index (χ2v) is 9.39. The van der Waals surface area contributed by atoms with Gasteiger partial charge >= 0.3 is 0 Å². The lowest BCUT2D eigenvalue weighted by atomic mass is 9.85. The molecule has 0 atom stereocenters. The Morgan fingerprint density at radius 3 is 2.89 bits per heavy atom. The standard InChI is InChI=1S/C22H21N3OS/c1-22(2)11-10-19-23-17-12-14(6-8-15(17)21(26)25(19)13-22)7-9-20-24-16-4-3-5-18(16)27-20/h6,8,12H,3-5,10-11,13H2,1-2H3. The number of nitrogens with zero attached hydrogens (tertiary/aromatic N) is 3. The third kappa shape index (κ3) is 2.98. The van der Waals surface area contributed by atoms with Crippen molar-refractivity contribution in [2.45, 2.75) is 52.5 Å². The first-order valence-electron chi connectivity index (χ1n) is 9.53. The van der Waals surface area contributed by atoms with E-state index in [9.17, 15) is 4.79 Å². The Labute approximate surface area is 162 Å². The molecular weight excluding hydrogens is 354 g/mol. The molecule has 2 aromatic heterocycles. The molecule has 0 radical (unpaired) electrons. The van der Waals surface area contributed by atoms with Crippen LogP contribution in [0.5, 0.6) is 0 Å². The smallest absolute Gasteiger partial charge is 0.261 e. The van der Waals surface area contributed by atoms with E-state index < -0.39 is 0 Å². The van der Waals surface area contributed by atoms with Gasteiger partial charge in [-0.15, -0.1) is 11.3 Å². The molecule has 3 aromatic rings. The van der Waals surface area contributed by atoms with Gasteiger partial charge in [-0.25, -0.2) is 9.97 Å². The minimum Gasteiger partial charge on any atom is -0.296 e. The van der Waals surface area contributed by atoms with E-state index in [-0.39, 0.29) is 11.0 Å². The molecule has 0 N–H and O–H groups in total. The lowest BCUT2D eigenvalue weighted by Gasteiger charge is -2.31. The lowest BCUT2D eigenvalue weighted by Crippen LogP contribution is -2.36. The number of aryl methyl sites for hydroxylation is 3. The van der Waals surface area contributed by atoms with E-state index in [0.29, 0.717) is 5.39 Å². The predicted octanol–water partition coefficient (Wildman–Crippen LogP) is 3.71. The minimum atomic E-state index is 0.0682. The molecular formula is C22H21N3OS. The Kier molecular flexibility index (Phi) is 3.73. The van der Waals surface area contributed by atoms with Crippen LogP contribution >= 0.6 is 11.3 Å². The van der Waals surface area contributed by atoms with Crippen LogP contribution in [0.1, 0.15) is 53.7 Å². The first kappa shape index (κ1) is 16.7. The topological polar surface area (TPSA) is 47.8 Å². The van der Waals surface area contributed by atoms with E-state index >= 15 is 0 Å². The van der Waals surface area contributed by atoms with Crippen LogP contribution in [0, 0.1) is 17.3 Å². The normalized spacial score (nSPS) is 17.3. The summed E-state index contributed by atoms with van der Waals surface area (Å²) >= 11 is 1.71. The Hall–Kier alpha value is -2.45. The van der Waals surface area contributed by atoms with Gasteiger partial charge in [-0.2, -0.15) is 0 Å². The molecule has 0 saturated carbocycles. The van der Waals surface area contributed by atoms with Crippen LogP contribution in [0.2, 0.25) is 0 Å². The quantitative estimate of drug-likeness (QED) is 0.563. The van der Waals surface area contributed by atoms with Crippen molar-refractivity contribution < 1.29 is 0 Å². The molecule has 5 rings (SSSR count). The molecule has 27 heavy (non-hydrogen) atoms. The maximum atomic E-state index is 12.9. The van der Waals surface area contributed by atoms with E-state index in [1.807, 2.05) is 22.8 Å². The second kappa shape index (κ2) is 6.03. The van der Waals surface area contributed by atoms with Crippen molar-refractivity contribution >= 4 is 22.2 Å². The Bertz CT molecular complexity index is 1170. The summed E-state index contributed by atoms with van der Waals surface area (Å²) in [5.74, 6) is 7.29. The fraction of sp³-hybridized carbons (Fsp3) is 0.409. The third-order valence-corrected chi connectivity index (χ3v) is 6.63. The molecule has 0 unspecified atom stereocenters. The van der Waals surface area contributed by atoms with Gasteiger partial charge in [0, 0.05) is 23.4 Å². The summed E-state index contributed by atoms with van der Waals surface area (Å²) in [4.78, 5) is 23.7. The monoisotopic (exact) mass is 375 g/mol. The first-order chi connectivity index (χ1) is 13.0. The van der Waals surface area contributed by atoms with Gasteiger partial charge in [-0.05, 0) is 55.2 Å². The maximum absolute atomic E-state index is 12.9. The van der Waals surface area contributed by atoms with Crippen molar-refractivity contribution in [1.82, 2.24) is 14.5 Å². The van der Waals surface area contributed by atoms with E-state index in [4.69, 9.17) is 4.98 Å². The van der Waals surface area contributed by atoms with Crippen LogP contribution in [0.25, 0.3) is 10.9 Å². The van der Waals surface area contributed by atoms with Crippen molar-refractivity contribution in [3.05, 3.63) is 55.5 Å². The van der Waals surface area contributed by atoms with Crippen LogP contribution in [0.15, 0.2) is 23.0 Å². The van der Waals surface area contributed by atoms with Gasteiger partial charge in [-0.3, -0.25) is 9.36 Å². The number of rotatable bonds is 0. The highest BCUT2D eigenvalue weighted by Gasteiger charge is 2.27. The average Bonchev–Trinajstić information content (AvgIpc) is 3.22. The number of hydrogen-bond donors (Lipinski definition) is 0. The van der Waals surface area contributed by atoms with Crippen molar-refractivity contribution in [1.29, 1.82) is 0 Å². The summed E-state index contributed by atoms with van der Waals surface area (Å²) in [7, 11) is 0. The molecule has 0 bridgehead atoms. The molecule has 2 aliphatic rings. The third-order valence-electron chi connectivity index (χ3n) is 5.56. The van der Waals surface area contributed by atoms with Gasteiger partial charge in [0.15, 0.2) is 5.01 Å². The molecule has 0 fully saturated rings. The van der Waals surface area contributed by atoms with E-state index in [1.165, 1.54) is 17.0 Å². The molecule has 5 heteroatoms. The number of benzene rings is 1. The fourth-order valence-corrected chi connectivity index (χ4v) is 5.03. The summed E-state index contributed by atoms with van der Waals surface area (Å²) in [5.41, 5.74) is 3.07. The number of fused-ring (bicyclic) bond motifs is 3. The number of hydrogen-bond acceptors (Lipinski definition) is 4. The highest BCUT2D eigenvalue weighted by Crippen LogP contribution is 2.29. The van der Waals surface area contributed by atoms with Crippen LogP contribution in [0.3, 0.4) is 0 Å². The maximum Gasteiger partial charge on any atom is 0.261 e. The van der Waals surface area contributed by atoms with Crippen LogP contribution in [-0.4, -0.2) is 14.5 Å². The largest absolute Gasteiger partial charge is 0.296 e. The first-order valence-corrected chi connectivity index (χ1v) is 10.3. The van der Waals surface area contributed by atoms with Crippen LogP contribution < -0.4 is 5.56 Å². The molecule has 136 valence electrons. The Morgan fingerprint density at radius 2 is 2.04 bits per heavy atom. The molecule has 4 nitrogen and oxygen atoms in total. The van der Waals surface area contributed by atoms with Gasteiger partial charge < -0.3 is 0 Å². The fourth-order valence-electron chi connectivity index (χ4n) is 4.03. The molecule has 0 spiro atoms. The van der Waals surface area contributed by atoms with Gasteiger partial charge in [0.25, 0.3) is 5.56 Å². The lowest BCUT2D eigenvalue weighted by molar-refractivity contribution is 0.240. The van der Waals surface area contributed by atoms with Gasteiger partial charge in [-0.1, -0.05) is 19.8 Å². The summed E-state index contributed by atoms with van der Waals surface area (Å²) in [6.45, 7) is 5.15. The highest BCUT2D eigenvalue weighted by molar-refractivity contribution is 7.12. The van der Waals surface area contributed by atoms with Gasteiger partial charge in [0.1, 0.15) is 5.82 Å². The number of aromatic nitrogens is 3. The Balaban J connectivity index is 1.53. The van der Waals surface area contributed by atoms with Gasteiger partial charge in [0.05, 0.1) is 16.6 Å². The van der Waals surface area contributed by atoms with Crippen molar-refractivity contribution in [3.8, 4) is 11.8 Å². The van der Waals surface area contributed by atoms with Crippen LogP contribution in [0.4, 0.5) is 0 Å². The SMILES string of the molecule is CC1(C)CCc2nc3cc(C#Cc4nc5c(s4)CCC5)ccc3c(=O)n2C1. The van der Waals surface area contributed by atoms with E-state index in [1.54, 1.807) is 11.3 Å². The summed E-state index contributed by atoms with van der Waals surface area (Å²) in [6.07, 6.45) is 5.34. The highest BCUT2D eigenvalue weighted by atomic mass is 32.1.